The van der Waals surface area contributed by atoms with Crippen LogP contribution in [0.25, 0.3) is 22.4 Å². The van der Waals surface area contributed by atoms with Crippen LogP contribution in [0.4, 0.5) is 0 Å². The van der Waals surface area contributed by atoms with Crippen molar-refractivity contribution < 1.29 is 17.6 Å². The lowest BCUT2D eigenvalue weighted by Gasteiger charge is -2.36. The molecule has 0 aromatic carbocycles. The number of aryl methyl sites for hydroxylation is 1. The minimum atomic E-state index is -3.81. The van der Waals surface area contributed by atoms with E-state index in [0.717, 1.165) is 12.2 Å². The van der Waals surface area contributed by atoms with Gasteiger partial charge >= 0.3 is 0 Å². The molecule has 0 atom stereocenters. The summed E-state index contributed by atoms with van der Waals surface area (Å²) in [6.45, 7) is 21.2. The van der Waals surface area contributed by atoms with Gasteiger partial charge in [0.1, 0.15) is 16.2 Å². The van der Waals surface area contributed by atoms with Crippen LogP contribution >= 0.6 is 0 Å². The van der Waals surface area contributed by atoms with E-state index < -0.39 is 23.9 Å². The molecule has 0 saturated carbocycles. The van der Waals surface area contributed by atoms with Crippen molar-refractivity contribution in [2.24, 2.45) is 0 Å². The zero-order chi connectivity index (χ0) is 30.9. The highest BCUT2D eigenvalue weighted by Gasteiger charge is 2.37. The van der Waals surface area contributed by atoms with Gasteiger partial charge in [0, 0.05) is 26.2 Å². The molecule has 0 amide bonds. The first-order valence-electron chi connectivity index (χ1n) is 14.7. The molecule has 0 aliphatic carbocycles. The summed E-state index contributed by atoms with van der Waals surface area (Å²) in [5.41, 5.74) is 1.39. The molecule has 0 unspecified atom stereocenters. The molecule has 12 nitrogen and oxygen atoms in total. The zero-order valence-electron chi connectivity index (χ0n) is 26.2. The van der Waals surface area contributed by atoms with E-state index in [2.05, 4.69) is 60.8 Å². The predicted octanol–water partition coefficient (Wildman–Crippen LogP) is 3.49. The highest BCUT2D eigenvalue weighted by molar-refractivity contribution is 7.89. The number of likely N-dealkylation sites (N-methyl/N-ethyl adjacent to an activating group) is 1. The Labute approximate surface area is 249 Å². The first kappa shape index (κ1) is 32.3. The SMILES string of the molecule is CCOc1ncc(S(=O)(=O)N2CCN(CC)CC2)cc1-c1nc2c(CC)n(CCO[Si](C)(C)C(C)(C)C)nc2c(=O)[nH]1. The maximum absolute atomic E-state index is 13.6. The fraction of sp³-hybridized carbons (Fsp3) is 0.643. The van der Waals surface area contributed by atoms with E-state index in [1.807, 2.05) is 13.8 Å². The van der Waals surface area contributed by atoms with Crippen LogP contribution in [0.2, 0.25) is 18.1 Å². The van der Waals surface area contributed by atoms with Gasteiger partial charge in [-0.3, -0.25) is 9.48 Å². The molecule has 1 saturated heterocycles. The molecule has 3 aromatic rings. The number of pyridine rings is 1. The van der Waals surface area contributed by atoms with E-state index in [1.165, 1.54) is 16.6 Å². The minimum absolute atomic E-state index is 0.0304. The van der Waals surface area contributed by atoms with Gasteiger partial charge in [-0.1, -0.05) is 34.6 Å². The number of piperazine rings is 1. The molecular weight excluding hydrogens is 575 g/mol. The molecule has 1 N–H and O–H groups in total. The number of ether oxygens (including phenoxy) is 1. The summed E-state index contributed by atoms with van der Waals surface area (Å²) < 4.78 is 42.5. The van der Waals surface area contributed by atoms with Crippen LogP contribution in [0.3, 0.4) is 0 Å². The molecule has 1 aliphatic rings. The Morgan fingerprint density at radius 3 is 2.36 bits per heavy atom. The number of H-pyrrole nitrogens is 1. The van der Waals surface area contributed by atoms with E-state index >= 15 is 0 Å². The summed E-state index contributed by atoms with van der Waals surface area (Å²) in [5, 5.41) is 4.67. The van der Waals surface area contributed by atoms with Gasteiger partial charge in [-0.25, -0.2) is 18.4 Å². The first-order chi connectivity index (χ1) is 19.7. The number of nitrogens with zero attached hydrogens (tertiary/aromatic N) is 6. The van der Waals surface area contributed by atoms with Gasteiger partial charge in [-0.15, -0.1) is 0 Å². The Bertz CT molecular complexity index is 1570. The van der Waals surface area contributed by atoms with Crippen LogP contribution < -0.4 is 10.3 Å². The van der Waals surface area contributed by atoms with Crippen molar-refractivity contribution in [2.45, 2.75) is 77.5 Å². The van der Waals surface area contributed by atoms with E-state index in [1.54, 1.807) is 4.68 Å². The number of hydrogen-bond donors (Lipinski definition) is 1. The van der Waals surface area contributed by atoms with Gasteiger partial charge in [0.2, 0.25) is 15.9 Å². The molecule has 4 rings (SSSR count). The number of fused-ring (bicyclic) bond motifs is 1. The molecular formula is C28H45N7O5SSi. The van der Waals surface area contributed by atoms with E-state index in [4.69, 9.17) is 14.1 Å². The number of sulfonamides is 1. The third-order valence-electron chi connectivity index (χ3n) is 8.39. The third-order valence-corrected chi connectivity index (χ3v) is 14.8. The van der Waals surface area contributed by atoms with Gasteiger partial charge in [0.15, 0.2) is 13.8 Å². The second-order valence-electron chi connectivity index (χ2n) is 12.0. The van der Waals surface area contributed by atoms with Gasteiger partial charge in [0.05, 0.1) is 37.2 Å². The van der Waals surface area contributed by atoms with E-state index in [0.29, 0.717) is 63.4 Å². The Balaban J connectivity index is 1.72. The monoisotopic (exact) mass is 619 g/mol. The molecule has 0 bridgehead atoms. The molecule has 1 aliphatic heterocycles. The van der Waals surface area contributed by atoms with Gasteiger partial charge in [-0.2, -0.15) is 9.40 Å². The van der Waals surface area contributed by atoms with Crippen molar-refractivity contribution in [1.82, 2.24) is 33.9 Å². The molecule has 3 aromatic heterocycles. The lowest BCUT2D eigenvalue weighted by Crippen LogP contribution is -2.48. The summed E-state index contributed by atoms with van der Waals surface area (Å²) in [4.78, 5) is 27.5. The molecule has 0 spiro atoms. The van der Waals surface area contributed by atoms with Gasteiger partial charge in [-0.05, 0) is 44.1 Å². The average molecular weight is 620 g/mol. The second kappa shape index (κ2) is 12.5. The topological polar surface area (TPSA) is 136 Å². The number of hydrogen-bond acceptors (Lipinski definition) is 9. The quantitative estimate of drug-likeness (QED) is 0.320. The first-order valence-corrected chi connectivity index (χ1v) is 19.1. The maximum Gasteiger partial charge on any atom is 0.279 e. The minimum Gasteiger partial charge on any atom is -0.477 e. The van der Waals surface area contributed by atoms with E-state index in [9.17, 15) is 13.2 Å². The molecule has 232 valence electrons. The van der Waals surface area contributed by atoms with Crippen LogP contribution in [0, 0.1) is 0 Å². The van der Waals surface area contributed by atoms with Crippen molar-refractivity contribution in [1.29, 1.82) is 0 Å². The smallest absolute Gasteiger partial charge is 0.279 e. The molecule has 4 heterocycles. The number of nitrogens with one attached hydrogen (secondary N) is 1. The Kier molecular flexibility index (Phi) is 9.62. The summed E-state index contributed by atoms with van der Waals surface area (Å²) in [7, 11) is -5.75. The summed E-state index contributed by atoms with van der Waals surface area (Å²) in [5.74, 6) is 0.381. The van der Waals surface area contributed by atoms with Crippen molar-refractivity contribution >= 4 is 29.4 Å². The summed E-state index contributed by atoms with van der Waals surface area (Å²) in [6.07, 6.45) is 1.91. The van der Waals surface area contributed by atoms with Crippen LogP contribution in [-0.2, 0) is 27.4 Å². The average Bonchev–Trinajstić information content (AvgIpc) is 3.30. The Hall–Kier alpha value is -2.65. The number of rotatable bonds is 11. The van der Waals surface area contributed by atoms with Crippen LogP contribution in [0.5, 0.6) is 5.88 Å². The molecule has 0 radical (unpaired) electrons. The highest BCUT2D eigenvalue weighted by atomic mass is 32.2. The fourth-order valence-corrected chi connectivity index (χ4v) is 7.19. The normalized spacial score (nSPS) is 15.9. The van der Waals surface area contributed by atoms with Crippen LogP contribution in [-0.4, -0.2) is 96.6 Å². The zero-order valence-corrected chi connectivity index (χ0v) is 28.0. The Morgan fingerprint density at radius 2 is 1.76 bits per heavy atom. The highest BCUT2D eigenvalue weighted by Crippen LogP contribution is 2.36. The van der Waals surface area contributed by atoms with Crippen LogP contribution in [0.1, 0.15) is 47.2 Å². The largest absolute Gasteiger partial charge is 0.477 e. The van der Waals surface area contributed by atoms with Crippen molar-refractivity contribution in [3.8, 4) is 17.3 Å². The third kappa shape index (κ3) is 6.47. The lowest BCUT2D eigenvalue weighted by atomic mass is 10.2. The van der Waals surface area contributed by atoms with Crippen molar-refractivity contribution in [2.75, 3.05) is 45.9 Å². The molecule has 14 heteroatoms. The van der Waals surface area contributed by atoms with Crippen molar-refractivity contribution in [3.63, 3.8) is 0 Å². The maximum atomic E-state index is 13.6. The number of aromatic nitrogens is 5. The molecule has 1 fully saturated rings. The predicted molar refractivity (Wildman–Crippen MR) is 166 cm³/mol. The fourth-order valence-electron chi connectivity index (χ4n) is 4.76. The summed E-state index contributed by atoms with van der Waals surface area (Å²) in [6, 6.07) is 1.49. The van der Waals surface area contributed by atoms with Gasteiger partial charge in [0.25, 0.3) is 5.56 Å². The van der Waals surface area contributed by atoms with Crippen molar-refractivity contribution in [3.05, 3.63) is 28.3 Å². The standard InChI is InChI=1S/C28H45N7O5SSi/c1-9-22-23-24(32-35(22)16-17-40-42(7,8)28(4,5)6)26(36)31-25(30-23)21-18-20(19-29-27(21)39-11-3)41(37,38)34-14-12-33(10-2)13-15-34/h18-19H,9-17H2,1-8H3,(H,30,31,36). The second-order valence-corrected chi connectivity index (χ2v) is 18.8. The summed E-state index contributed by atoms with van der Waals surface area (Å²) >= 11 is 0. The van der Waals surface area contributed by atoms with Crippen LogP contribution in [0.15, 0.2) is 22.0 Å². The van der Waals surface area contributed by atoms with E-state index in [-0.39, 0.29) is 27.2 Å². The lowest BCUT2D eigenvalue weighted by molar-refractivity contribution is 0.196. The van der Waals surface area contributed by atoms with Gasteiger partial charge < -0.3 is 19.0 Å². The molecule has 42 heavy (non-hydrogen) atoms. The Morgan fingerprint density at radius 1 is 1.07 bits per heavy atom. The number of aromatic amines is 1.